The van der Waals surface area contributed by atoms with Crippen LogP contribution in [0.2, 0.25) is 0 Å². The number of thioether (sulfide) groups is 1. The molecule has 2 aromatic rings. The largest absolute Gasteiger partial charge is 0.481 e. The summed E-state index contributed by atoms with van der Waals surface area (Å²) >= 11 is 1.07. The van der Waals surface area contributed by atoms with E-state index in [1.807, 2.05) is 0 Å². The van der Waals surface area contributed by atoms with Crippen molar-refractivity contribution in [3.05, 3.63) is 28.6 Å². The van der Waals surface area contributed by atoms with Gasteiger partial charge < -0.3 is 14.7 Å². The summed E-state index contributed by atoms with van der Waals surface area (Å²) in [5.41, 5.74) is 0.315. The summed E-state index contributed by atoms with van der Waals surface area (Å²) in [6.45, 7) is 0. The van der Waals surface area contributed by atoms with Gasteiger partial charge in [0.15, 0.2) is 11.0 Å². The van der Waals surface area contributed by atoms with Crippen molar-refractivity contribution in [2.45, 2.75) is 5.16 Å². The lowest BCUT2D eigenvalue weighted by Gasteiger charge is -2.02. The van der Waals surface area contributed by atoms with Crippen LogP contribution < -0.4 is 5.56 Å². The molecule has 0 saturated carbocycles. The van der Waals surface area contributed by atoms with Crippen LogP contribution in [0.5, 0.6) is 0 Å². The molecule has 0 amide bonds. The Morgan fingerprint density at radius 3 is 2.94 bits per heavy atom. The Bertz CT molecular complexity index is 634. The fraction of sp³-hybridized carbons (Fsp3) is 0.200. The van der Waals surface area contributed by atoms with Gasteiger partial charge in [0.25, 0.3) is 0 Å². The monoisotopic (exact) mass is 266 g/mol. The summed E-state index contributed by atoms with van der Waals surface area (Å²) < 4.78 is 1.64. The van der Waals surface area contributed by atoms with Gasteiger partial charge in [0.05, 0.1) is 11.4 Å². The van der Waals surface area contributed by atoms with E-state index < -0.39 is 5.97 Å². The maximum atomic E-state index is 11.2. The van der Waals surface area contributed by atoms with Crippen molar-refractivity contribution in [3.8, 4) is 11.5 Å². The topological polar surface area (TPSA) is 101 Å². The molecule has 0 aromatic carbocycles. The first-order valence-corrected chi connectivity index (χ1v) is 6.00. The first-order chi connectivity index (χ1) is 8.58. The average Bonchev–Trinajstić information content (AvgIpc) is 2.68. The van der Waals surface area contributed by atoms with Gasteiger partial charge >= 0.3 is 5.97 Å². The number of carbonyl (C=O) groups is 1. The Morgan fingerprint density at radius 2 is 2.28 bits per heavy atom. The van der Waals surface area contributed by atoms with Crippen molar-refractivity contribution in [2.75, 3.05) is 5.75 Å². The maximum absolute atomic E-state index is 11.2. The highest BCUT2D eigenvalue weighted by Gasteiger charge is 2.12. The van der Waals surface area contributed by atoms with Crippen LogP contribution in [0.3, 0.4) is 0 Å². The summed E-state index contributed by atoms with van der Waals surface area (Å²) in [4.78, 5) is 24.3. The highest BCUT2D eigenvalue weighted by Crippen LogP contribution is 2.20. The molecule has 8 heteroatoms. The highest BCUT2D eigenvalue weighted by molar-refractivity contribution is 7.99. The van der Waals surface area contributed by atoms with E-state index in [4.69, 9.17) is 5.11 Å². The van der Waals surface area contributed by atoms with Crippen molar-refractivity contribution >= 4 is 17.7 Å². The third kappa shape index (κ3) is 2.59. The van der Waals surface area contributed by atoms with Crippen LogP contribution in [0.15, 0.2) is 28.2 Å². The molecule has 0 aliphatic heterocycles. The molecule has 0 atom stereocenters. The zero-order chi connectivity index (χ0) is 13.1. The predicted molar refractivity (Wildman–Crippen MR) is 65.4 cm³/mol. The Balaban J connectivity index is 2.30. The molecule has 0 aliphatic rings. The van der Waals surface area contributed by atoms with Crippen LogP contribution in [0, 0.1) is 0 Å². The van der Waals surface area contributed by atoms with Crippen molar-refractivity contribution in [1.29, 1.82) is 0 Å². The molecule has 2 rings (SSSR count). The lowest BCUT2D eigenvalue weighted by atomic mass is 10.3. The molecule has 0 radical (unpaired) electrons. The zero-order valence-corrected chi connectivity index (χ0v) is 10.3. The number of carboxylic acid groups (broad SMARTS) is 1. The van der Waals surface area contributed by atoms with Crippen LogP contribution in [0.25, 0.3) is 11.5 Å². The third-order valence-corrected chi connectivity index (χ3v) is 3.17. The lowest BCUT2D eigenvalue weighted by molar-refractivity contribution is -0.133. The van der Waals surface area contributed by atoms with Gasteiger partial charge in [-0.05, 0) is 6.07 Å². The number of aromatic nitrogens is 4. The Morgan fingerprint density at radius 1 is 1.50 bits per heavy atom. The van der Waals surface area contributed by atoms with Crippen LogP contribution in [0.1, 0.15) is 0 Å². The minimum atomic E-state index is -0.919. The number of hydrogen-bond donors (Lipinski definition) is 2. The van der Waals surface area contributed by atoms with Crippen molar-refractivity contribution in [2.24, 2.45) is 7.05 Å². The van der Waals surface area contributed by atoms with E-state index in [-0.39, 0.29) is 11.3 Å². The molecule has 0 aliphatic carbocycles. The van der Waals surface area contributed by atoms with Crippen molar-refractivity contribution in [1.82, 2.24) is 19.7 Å². The molecule has 0 saturated heterocycles. The first kappa shape index (κ1) is 12.4. The molecule has 0 spiro atoms. The van der Waals surface area contributed by atoms with Crippen molar-refractivity contribution < 1.29 is 9.90 Å². The fourth-order valence-corrected chi connectivity index (χ4v) is 2.01. The highest BCUT2D eigenvalue weighted by atomic mass is 32.2. The van der Waals surface area contributed by atoms with E-state index in [1.165, 1.54) is 6.07 Å². The summed E-state index contributed by atoms with van der Waals surface area (Å²) in [7, 11) is 1.71. The number of nitrogens with zero attached hydrogens (tertiary/aromatic N) is 3. The van der Waals surface area contributed by atoms with Crippen LogP contribution in [0.4, 0.5) is 0 Å². The second-order valence-corrected chi connectivity index (χ2v) is 4.42. The Labute approximate surface area is 106 Å². The number of aromatic amines is 1. The number of hydrogen-bond acceptors (Lipinski definition) is 5. The van der Waals surface area contributed by atoms with E-state index in [1.54, 1.807) is 23.7 Å². The third-order valence-electron chi connectivity index (χ3n) is 2.17. The van der Waals surface area contributed by atoms with Gasteiger partial charge in [0, 0.05) is 13.1 Å². The molecule has 2 N–H and O–H groups in total. The molecule has 94 valence electrons. The van der Waals surface area contributed by atoms with Crippen LogP contribution in [-0.4, -0.2) is 36.6 Å². The number of H-pyrrole nitrogens is 1. The fourth-order valence-electron chi connectivity index (χ4n) is 1.38. The van der Waals surface area contributed by atoms with Gasteiger partial charge in [-0.25, -0.2) is 0 Å². The van der Waals surface area contributed by atoms with Gasteiger partial charge in [0.2, 0.25) is 5.56 Å². The number of rotatable bonds is 4. The van der Waals surface area contributed by atoms with Gasteiger partial charge in [-0.1, -0.05) is 17.8 Å². The smallest absolute Gasteiger partial charge is 0.313 e. The summed E-state index contributed by atoms with van der Waals surface area (Å²) in [5.74, 6) is -0.518. The molecule has 0 unspecified atom stereocenters. The minimum Gasteiger partial charge on any atom is -0.481 e. The number of nitrogens with one attached hydrogen (secondary N) is 1. The molecular weight excluding hydrogens is 256 g/mol. The second kappa shape index (κ2) is 5.05. The molecule has 2 heterocycles. The zero-order valence-electron chi connectivity index (χ0n) is 9.45. The Kier molecular flexibility index (Phi) is 3.47. The molecule has 0 bridgehead atoms. The summed E-state index contributed by atoms with van der Waals surface area (Å²) in [5, 5.41) is 16.9. The van der Waals surface area contributed by atoms with Gasteiger partial charge in [-0.2, -0.15) is 0 Å². The van der Waals surface area contributed by atoms with E-state index in [0.717, 1.165) is 11.8 Å². The summed E-state index contributed by atoms with van der Waals surface area (Å²) in [6.07, 6.45) is 0. The summed E-state index contributed by atoms with van der Waals surface area (Å²) in [6, 6.07) is 4.73. The maximum Gasteiger partial charge on any atom is 0.313 e. The average molecular weight is 266 g/mol. The predicted octanol–water partition coefficient (Wildman–Crippen LogP) is 0.347. The van der Waals surface area contributed by atoms with Crippen LogP contribution in [-0.2, 0) is 11.8 Å². The van der Waals surface area contributed by atoms with Crippen molar-refractivity contribution in [3.63, 3.8) is 0 Å². The van der Waals surface area contributed by atoms with Crippen LogP contribution >= 0.6 is 11.8 Å². The molecule has 0 fully saturated rings. The Hall–Kier alpha value is -2.09. The number of pyridine rings is 1. The molecular formula is C10H10N4O3S. The van der Waals surface area contributed by atoms with Gasteiger partial charge in [0.1, 0.15) is 0 Å². The SMILES string of the molecule is Cn1c(SCC(=O)O)nnc1-c1cccc(=O)[nH]1. The minimum absolute atomic E-state index is 0.0860. The van der Waals surface area contributed by atoms with E-state index in [9.17, 15) is 9.59 Å². The van der Waals surface area contributed by atoms with Gasteiger partial charge in [-0.15, -0.1) is 10.2 Å². The lowest BCUT2D eigenvalue weighted by Crippen LogP contribution is -2.06. The van der Waals surface area contributed by atoms with Gasteiger partial charge in [-0.3, -0.25) is 9.59 Å². The van der Waals surface area contributed by atoms with E-state index >= 15 is 0 Å². The van der Waals surface area contributed by atoms with E-state index in [0.29, 0.717) is 16.7 Å². The quantitative estimate of drug-likeness (QED) is 0.774. The molecule has 7 nitrogen and oxygen atoms in total. The molecule has 2 aromatic heterocycles. The molecule has 18 heavy (non-hydrogen) atoms. The first-order valence-electron chi connectivity index (χ1n) is 5.01. The number of aliphatic carboxylic acids is 1. The number of carboxylic acids is 1. The standard InChI is InChI=1S/C10H10N4O3S/c1-14-9(6-3-2-4-7(15)11-6)12-13-10(14)18-5-8(16)17/h2-4H,5H2,1H3,(H,11,15)(H,16,17). The van der Waals surface area contributed by atoms with E-state index in [2.05, 4.69) is 15.2 Å². The second-order valence-electron chi connectivity index (χ2n) is 3.48. The normalized spacial score (nSPS) is 10.5.